The van der Waals surface area contributed by atoms with E-state index in [1.54, 1.807) is 0 Å². The number of carbonyl (C=O) groups is 1. The van der Waals surface area contributed by atoms with Crippen LogP contribution in [0.25, 0.3) is 0 Å². The Labute approximate surface area is 152 Å². The summed E-state index contributed by atoms with van der Waals surface area (Å²) in [6.07, 6.45) is 3.99. The average Bonchev–Trinajstić information content (AvgIpc) is 2.72. The number of hydrogen-bond acceptors (Lipinski definition) is 3. The van der Waals surface area contributed by atoms with Crippen LogP contribution in [0.1, 0.15) is 36.2 Å². The molecule has 0 bridgehead atoms. The Balaban J connectivity index is 0.00000242. The number of nitrogens with one attached hydrogen (secondary N) is 1. The van der Waals surface area contributed by atoms with Gasteiger partial charge in [0, 0.05) is 31.4 Å². The minimum Gasteiger partial charge on any atom is -0.342 e. The van der Waals surface area contributed by atoms with Crippen LogP contribution in [0, 0.1) is 19.8 Å². The van der Waals surface area contributed by atoms with Gasteiger partial charge in [-0.3, -0.25) is 9.48 Å². The highest BCUT2D eigenvalue weighted by Crippen LogP contribution is 2.21. The number of aryl methyl sites for hydroxylation is 2. The summed E-state index contributed by atoms with van der Waals surface area (Å²) in [4.78, 5) is 14.5. The molecule has 0 atom stereocenters. The van der Waals surface area contributed by atoms with Crippen molar-refractivity contribution in [2.45, 2.75) is 39.5 Å². The predicted molar refractivity (Wildman–Crippen MR) is 98.7 cm³/mol. The van der Waals surface area contributed by atoms with Crippen molar-refractivity contribution < 1.29 is 4.79 Å². The number of carbonyl (C=O) groups excluding carboxylic acids is 1. The van der Waals surface area contributed by atoms with Crippen LogP contribution in [0.15, 0.2) is 0 Å². The van der Waals surface area contributed by atoms with Crippen LogP contribution in [0.2, 0.25) is 0 Å². The molecule has 2 heterocycles. The fourth-order valence-electron chi connectivity index (χ4n) is 3.16. The maximum atomic E-state index is 12.5. The maximum absolute atomic E-state index is 12.5. The first-order valence-electron chi connectivity index (χ1n) is 7.94. The lowest BCUT2D eigenvalue weighted by Gasteiger charge is -2.32. The van der Waals surface area contributed by atoms with Crippen molar-refractivity contribution in [1.82, 2.24) is 20.0 Å². The van der Waals surface area contributed by atoms with E-state index in [1.807, 2.05) is 37.5 Å². The molecular formula is C16H30Cl2N4O. The third kappa shape index (κ3) is 5.66. The lowest BCUT2D eigenvalue weighted by atomic mass is 9.93. The topological polar surface area (TPSA) is 50.2 Å². The van der Waals surface area contributed by atoms with Gasteiger partial charge in [-0.25, -0.2) is 0 Å². The molecule has 0 aromatic carbocycles. The largest absolute Gasteiger partial charge is 0.342 e. The maximum Gasteiger partial charge on any atom is 0.227 e. The lowest BCUT2D eigenvalue weighted by molar-refractivity contribution is -0.131. The van der Waals surface area contributed by atoms with Crippen molar-refractivity contribution in [3.05, 3.63) is 17.0 Å². The van der Waals surface area contributed by atoms with Crippen molar-refractivity contribution >= 4 is 30.7 Å². The van der Waals surface area contributed by atoms with Gasteiger partial charge in [0.05, 0.1) is 12.1 Å². The van der Waals surface area contributed by atoms with E-state index in [4.69, 9.17) is 0 Å². The van der Waals surface area contributed by atoms with Crippen molar-refractivity contribution in [3.8, 4) is 0 Å². The van der Waals surface area contributed by atoms with Crippen molar-refractivity contribution in [1.29, 1.82) is 0 Å². The Morgan fingerprint density at radius 3 is 2.35 bits per heavy atom. The second-order valence-corrected chi connectivity index (χ2v) is 6.17. The van der Waals surface area contributed by atoms with Gasteiger partial charge in [-0.2, -0.15) is 5.10 Å². The normalized spacial score (nSPS) is 15.0. The zero-order valence-corrected chi connectivity index (χ0v) is 16.2. The van der Waals surface area contributed by atoms with Crippen LogP contribution < -0.4 is 5.32 Å². The second-order valence-electron chi connectivity index (χ2n) is 6.17. The highest BCUT2D eigenvalue weighted by molar-refractivity contribution is 5.85. The van der Waals surface area contributed by atoms with Gasteiger partial charge in [0.1, 0.15) is 0 Å². The van der Waals surface area contributed by atoms with E-state index in [2.05, 4.69) is 10.4 Å². The van der Waals surface area contributed by atoms with Gasteiger partial charge in [-0.05, 0) is 52.6 Å². The van der Waals surface area contributed by atoms with E-state index in [0.29, 0.717) is 6.42 Å². The first-order valence-corrected chi connectivity index (χ1v) is 7.94. The number of amides is 1. The number of halogens is 2. The van der Waals surface area contributed by atoms with E-state index >= 15 is 0 Å². The first kappa shape index (κ1) is 22.2. The Bertz CT molecular complexity index is 497. The van der Waals surface area contributed by atoms with Crippen LogP contribution in [-0.2, 0) is 18.3 Å². The third-order valence-electron chi connectivity index (χ3n) is 4.76. The number of hydrogen-bond donors (Lipinski definition) is 1. The van der Waals surface area contributed by atoms with Gasteiger partial charge in [-0.1, -0.05) is 0 Å². The summed E-state index contributed by atoms with van der Waals surface area (Å²) in [6.45, 7) is 6.91. The van der Waals surface area contributed by atoms with E-state index in [0.717, 1.165) is 55.3 Å². The SMILES string of the molecule is CNCCC1CCN(C(=O)Cc2c(C)nn(C)c2C)CC1.Cl.Cl. The van der Waals surface area contributed by atoms with Crippen LogP contribution in [0.3, 0.4) is 0 Å². The highest BCUT2D eigenvalue weighted by atomic mass is 35.5. The first-order chi connectivity index (χ1) is 10.0. The quantitative estimate of drug-likeness (QED) is 0.871. The fraction of sp³-hybridized carbons (Fsp3) is 0.750. The van der Waals surface area contributed by atoms with E-state index in [1.165, 1.54) is 6.42 Å². The molecule has 23 heavy (non-hydrogen) atoms. The number of aromatic nitrogens is 2. The van der Waals surface area contributed by atoms with Crippen molar-refractivity contribution in [2.24, 2.45) is 13.0 Å². The van der Waals surface area contributed by atoms with Gasteiger partial charge in [0.25, 0.3) is 0 Å². The minimum absolute atomic E-state index is 0. The molecule has 1 amide bonds. The van der Waals surface area contributed by atoms with Gasteiger partial charge in [0.2, 0.25) is 5.91 Å². The second kappa shape index (κ2) is 10.2. The highest BCUT2D eigenvalue weighted by Gasteiger charge is 2.24. The Morgan fingerprint density at radius 2 is 1.87 bits per heavy atom. The van der Waals surface area contributed by atoms with E-state index in [-0.39, 0.29) is 30.7 Å². The number of nitrogens with zero attached hydrogens (tertiary/aromatic N) is 3. The molecule has 0 radical (unpaired) electrons. The van der Waals surface area contributed by atoms with Gasteiger partial charge in [-0.15, -0.1) is 24.8 Å². The average molecular weight is 365 g/mol. The summed E-state index contributed by atoms with van der Waals surface area (Å²) in [6, 6.07) is 0. The predicted octanol–water partition coefficient (Wildman–Crippen LogP) is 2.27. The smallest absolute Gasteiger partial charge is 0.227 e. The Kier molecular flexibility index (Phi) is 9.82. The van der Waals surface area contributed by atoms with Crippen molar-refractivity contribution in [3.63, 3.8) is 0 Å². The molecule has 1 aliphatic rings. The van der Waals surface area contributed by atoms with E-state index in [9.17, 15) is 4.79 Å². The molecule has 0 unspecified atom stereocenters. The number of piperidine rings is 1. The standard InChI is InChI=1S/C16H28N4O.2ClH/c1-12-15(13(2)19(4)18-12)11-16(21)20-9-6-14(7-10-20)5-8-17-3;;/h14,17H,5-11H2,1-4H3;2*1H. The summed E-state index contributed by atoms with van der Waals surface area (Å²) >= 11 is 0. The zero-order chi connectivity index (χ0) is 15.4. The van der Waals surface area contributed by atoms with Crippen LogP contribution >= 0.6 is 24.8 Å². The van der Waals surface area contributed by atoms with Crippen molar-refractivity contribution in [2.75, 3.05) is 26.7 Å². The lowest BCUT2D eigenvalue weighted by Crippen LogP contribution is -2.39. The number of likely N-dealkylation sites (tertiary alicyclic amines) is 1. The molecule has 1 saturated heterocycles. The molecule has 0 aliphatic carbocycles. The molecule has 5 nitrogen and oxygen atoms in total. The van der Waals surface area contributed by atoms with E-state index < -0.39 is 0 Å². The molecule has 134 valence electrons. The summed E-state index contributed by atoms with van der Waals surface area (Å²) in [5, 5.41) is 7.60. The van der Waals surface area contributed by atoms with Gasteiger partial charge < -0.3 is 10.2 Å². The number of rotatable bonds is 5. The molecule has 1 N–H and O–H groups in total. The summed E-state index contributed by atoms with van der Waals surface area (Å²) < 4.78 is 1.86. The van der Waals surface area contributed by atoms with Gasteiger partial charge in [0.15, 0.2) is 0 Å². The van der Waals surface area contributed by atoms with Crippen LogP contribution in [-0.4, -0.2) is 47.3 Å². The molecule has 1 aromatic rings. The third-order valence-corrected chi connectivity index (χ3v) is 4.76. The molecular weight excluding hydrogens is 335 g/mol. The molecule has 0 spiro atoms. The molecule has 1 fully saturated rings. The Morgan fingerprint density at radius 1 is 1.26 bits per heavy atom. The fourth-order valence-corrected chi connectivity index (χ4v) is 3.16. The molecule has 0 saturated carbocycles. The summed E-state index contributed by atoms with van der Waals surface area (Å²) in [5.74, 6) is 1.02. The minimum atomic E-state index is 0. The summed E-state index contributed by atoms with van der Waals surface area (Å²) in [5.41, 5.74) is 3.18. The van der Waals surface area contributed by atoms with Crippen LogP contribution in [0.5, 0.6) is 0 Å². The Hall–Kier alpha value is -0.780. The zero-order valence-electron chi connectivity index (χ0n) is 14.6. The van der Waals surface area contributed by atoms with Gasteiger partial charge >= 0.3 is 0 Å². The summed E-state index contributed by atoms with van der Waals surface area (Å²) in [7, 11) is 3.93. The van der Waals surface area contributed by atoms with Crippen LogP contribution in [0.4, 0.5) is 0 Å². The molecule has 7 heteroatoms. The monoisotopic (exact) mass is 364 g/mol. The molecule has 1 aliphatic heterocycles. The molecule has 1 aromatic heterocycles. The molecule has 2 rings (SSSR count).